The molecule has 138 valence electrons. The van der Waals surface area contributed by atoms with Crippen LogP contribution in [0, 0.1) is 0 Å². The van der Waals surface area contributed by atoms with Crippen molar-refractivity contribution in [2.24, 2.45) is 0 Å². The first kappa shape index (κ1) is 17.7. The molecule has 0 radical (unpaired) electrons. The zero-order valence-corrected chi connectivity index (χ0v) is 15.9. The summed E-state index contributed by atoms with van der Waals surface area (Å²) in [4.78, 5) is 13.0. The fourth-order valence-corrected chi connectivity index (χ4v) is 6.23. The van der Waals surface area contributed by atoms with Gasteiger partial charge in [0.25, 0.3) is 5.91 Å². The maximum atomic E-state index is 13.2. The summed E-state index contributed by atoms with van der Waals surface area (Å²) in [7, 11) is -3.70. The minimum Gasteiger partial charge on any atom is -0.347 e. The predicted molar refractivity (Wildman–Crippen MR) is 101 cm³/mol. The van der Waals surface area contributed by atoms with Crippen molar-refractivity contribution in [3.63, 3.8) is 0 Å². The normalized spacial score (nSPS) is 20.7. The van der Waals surface area contributed by atoms with E-state index in [0.717, 1.165) is 25.1 Å². The number of fused-ring (bicyclic) bond motifs is 1. The minimum atomic E-state index is -3.70. The number of rotatable bonds is 4. The SMILES string of the molecule is O=C(NC1CCNC1)c1sccc1S(=O)(=O)N1CCc2ccccc2C1. The number of carbonyl (C=O) groups is 1. The van der Waals surface area contributed by atoms with Crippen LogP contribution in [0.4, 0.5) is 0 Å². The summed E-state index contributed by atoms with van der Waals surface area (Å²) in [5.74, 6) is -0.301. The van der Waals surface area contributed by atoms with Crippen LogP contribution in [-0.2, 0) is 23.0 Å². The molecule has 26 heavy (non-hydrogen) atoms. The van der Waals surface area contributed by atoms with Gasteiger partial charge in [-0.05, 0) is 42.0 Å². The van der Waals surface area contributed by atoms with Crippen LogP contribution >= 0.6 is 11.3 Å². The van der Waals surface area contributed by atoms with Crippen LogP contribution in [0.3, 0.4) is 0 Å². The summed E-state index contributed by atoms with van der Waals surface area (Å²) in [6.07, 6.45) is 1.55. The van der Waals surface area contributed by atoms with Gasteiger partial charge in [0.2, 0.25) is 10.0 Å². The zero-order chi connectivity index (χ0) is 18.1. The lowest BCUT2D eigenvalue weighted by Crippen LogP contribution is -2.38. The third-order valence-electron chi connectivity index (χ3n) is 4.94. The van der Waals surface area contributed by atoms with Gasteiger partial charge in [-0.15, -0.1) is 11.3 Å². The van der Waals surface area contributed by atoms with Crippen LogP contribution in [0.2, 0.25) is 0 Å². The summed E-state index contributed by atoms with van der Waals surface area (Å²) < 4.78 is 27.8. The van der Waals surface area contributed by atoms with Crippen LogP contribution in [0.15, 0.2) is 40.6 Å². The molecule has 1 aromatic carbocycles. The number of benzene rings is 1. The van der Waals surface area contributed by atoms with Crippen LogP contribution < -0.4 is 10.6 Å². The van der Waals surface area contributed by atoms with Gasteiger partial charge in [0.1, 0.15) is 9.77 Å². The van der Waals surface area contributed by atoms with Crippen molar-refractivity contribution in [1.82, 2.24) is 14.9 Å². The molecule has 1 saturated heterocycles. The Morgan fingerprint density at radius 1 is 1.23 bits per heavy atom. The maximum absolute atomic E-state index is 13.2. The molecule has 4 rings (SSSR count). The van der Waals surface area contributed by atoms with Gasteiger partial charge in [0.15, 0.2) is 0 Å². The molecule has 2 aromatic rings. The molecule has 3 heterocycles. The van der Waals surface area contributed by atoms with E-state index in [2.05, 4.69) is 10.6 Å². The van der Waals surface area contributed by atoms with E-state index in [1.807, 2.05) is 24.3 Å². The Balaban J connectivity index is 1.57. The second kappa shape index (κ2) is 7.11. The Bertz CT molecular complexity index is 917. The molecular weight excluding hydrogens is 370 g/mol. The quantitative estimate of drug-likeness (QED) is 0.830. The Morgan fingerprint density at radius 2 is 2.04 bits per heavy atom. The van der Waals surface area contributed by atoms with Gasteiger partial charge in [0.05, 0.1) is 0 Å². The van der Waals surface area contributed by atoms with Gasteiger partial charge in [-0.1, -0.05) is 24.3 Å². The van der Waals surface area contributed by atoms with Gasteiger partial charge in [-0.25, -0.2) is 8.42 Å². The molecular formula is C18H21N3O3S2. The standard InChI is InChI=1S/C18H21N3O3S2/c22-18(20-15-5-8-19-11-15)17-16(7-10-25-17)26(23,24)21-9-6-13-3-1-2-4-14(13)12-21/h1-4,7,10,15,19H,5-6,8-9,11-12H2,(H,20,22). The molecule has 6 nitrogen and oxygen atoms in total. The van der Waals surface area contributed by atoms with E-state index >= 15 is 0 Å². The van der Waals surface area contributed by atoms with E-state index in [4.69, 9.17) is 0 Å². The molecule has 2 aliphatic heterocycles. The minimum absolute atomic E-state index is 0.0574. The highest BCUT2D eigenvalue weighted by Crippen LogP contribution is 2.29. The van der Waals surface area contributed by atoms with Gasteiger partial charge in [-0.3, -0.25) is 4.79 Å². The number of thiophene rings is 1. The molecule has 1 fully saturated rings. The first-order valence-electron chi connectivity index (χ1n) is 8.72. The molecule has 1 aromatic heterocycles. The van der Waals surface area contributed by atoms with Crippen molar-refractivity contribution < 1.29 is 13.2 Å². The average Bonchev–Trinajstić information content (AvgIpc) is 3.33. The van der Waals surface area contributed by atoms with Gasteiger partial charge in [0, 0.05) is 25.7 Å². The van der Waals surface area contributed by atoms with Gasteiger partial charge >= 0.3 is 0 Å². The van der Waals surface area contributed by atoms with Crippen molar-refractivity contribution in [2.45, 2.75) is 30.3 Å². The number of hydrogen-bond donors (Lipinski definition) is 2. The molecule has 0 aliphatic carbocycles. The fourth-order valence-electron chi connectivity index (χ4n) is 3.51. The van der Waals surface area contributed by atoms with E-state index in [9.17, 15) is 13.2 Å². The molecule has 0 saturated carbocycles. The molecule has 2 aliphatic rings. The largest absolute Gasteiger partial charge is 0.347 e. The Labute approximate surface area is 157 Å². The number of nitrogens with one attached hydrogen (secondary N) is 2. The fraction of sp³-hybridized carbons (Fsp3) is 0.389. The summed E-state index contributed by atoms with van der Waals surface area (Å²) in [5.41, 5.74) is 2.22. The van der Waals surface area contributed by atoms with Crippen LogP contribution in [-0.4, -0.2) is 44.3 Å². The van der Waals surface area contributed by atoms with Crippen LogP contribution in [0.25, 0.3) is 0 Å². The lowest BCUT2D eigenvalue weighted by molar-refractivity contribution is 0.0941. The second-order valence-electron chi connectivity index (χ2n) is 6.63. The summed E-state index contributed by atoms with van der Waals surface area (Å²) in [6, 6.07) is 9.50. The number of nitrogens with zero attached hydrogens (tertiary/aromatic N) is 1. The number of hydrogen-bond acceptors (Lipinski definition) is 5. The molecule has 8 heteroatoms. The molecule has 0 bridgehead atoms. The van der Waals surface area contributed by atoms with Crippen LogP contribution in [0.1, 0.15) is 27.2 Å². The summed E-state index contributed by atoms with van der Waals surface area (Å²) in [5, 5.41) is 7.80. The monoisotopic (exact) mass is 391 g/mol. The number of sulfonamides is 1. The van der Waals surface area contributed by atoms with Crippen molar-refractivity contribution >= 4 is 27.3 Å². The smallest absolute Gasteiger partial charge is 0.263 e. The van der Waals surface area contributed by atoms with E-state index in [-0.39, 0.29) is 21.7 Å². The Morgan fingerprint density at radius 3 is 2.81 bits per heavy atom. The predicted octanol–water partition coefficient (Wildman–Crippen LogP) is 1.59. The van der Waals surface area contributed by atoms with Crippen LogP contribution in [0.5, 0.6) is 0 Å². The first-order chi connectivity index (χ1) is 12.6. The number of amides is 1. The zero-order valence-electron chi connectivity index (χ0n) is 14.3. The third-order valence-corrected chi connectivity index (χ3v) is 7.87. The summed E-state index contributed by atoms with van der Waals surface area (Å²) >= 11 is 1.18. The highest BCUT2D eigenvalue weighted by atomic mass is 32.2. The maximum Gasteiger partial charge on any atom is 0.263 e. The second-order valence-corrected chi connectivity index (χ2v) is 9.46. The van der Waals surface area contributed by atoms with E-state index < -0.39 is 10.0 Å². The third kappa shape index (κ3) is 3.29. The molecule has 1 unspecified atom stereocenters. The van der Waals surface area contributed by atoms with E-state index in [0.29, 0.717) is 19.5 Å². The van der Waals surface area contributed by atoms with E-state index in [1.165, 1.54) is 21.2 Å². The van der Waals surface area contributed by atoms with Crippen molar-refractivity contribution in [3.8, 4) is 0 Å². The van der Waals surface area contributed by atoms with Gasteiger partial charge in [-0.2, -0.15) is 4.31 Å². The first-order valence-corrected chi connectivity index (χ1v) is 11.0. The van der Waals surface area contributed by atoms with Gasteiger partial charge < -0.3 is 10.6 Å². The summed E-state index contributed by atoms with van der Waals surface area (Å²) in [6.45, 7) is 2.38. The Kier molecular flexibility index (Phi) is 4.83. The lowest BCUT2D eigenvalue weighted by atomic mass is 10.0. The number of carbonyl (C=O) groups excluding carboxylic acids is 1. The molecule has 1 atom stereocenters. The van der Waals surface area contributed by atoms with Crippen molar-refractivity contribution in [2.75, 3.05) is 19.6 Å². The molecule has 0 spiro atoms. The van der Waals surface area contributed by atoms with Crippen molar-refractivity contribution in [3.05, 3.63) is 51.7 Å². The van der Waals surface area contributed by atoms with E-state index in [1.54, 1.807) is 11.4 Å². The molecule has 2 N–H and O–H groups in total. The highest BCUT2D eigenvalue weighted by Gasteiger charge is 2.33. The molecule has 1 amide bonds. The van der Waals surface area contributed by atoms with Crippen molar-refractivity contribution in [1.29, 1.82) is 0 Å². The Hall–Kier alpha value is -1.74. The average molecular weight is 392 g/mol. The highest BCUT2D eigenvalue weighted by molar-refractivity contribution is 7.89. The lowest BCUT2D eigenvalue weighted by Gasteiger charge is -2.28. The topological polar surface area (TPSA) is 78.5 Å².